The molecule has 26 heavy (non-hydrogen) atoms. The summed E-state index contributed by atoms with van der Waals surface area (Å²) in [4.78, 5) is 10.2. The zero-order valence-electron chi connectivity index (χ0n) is 17.9. The lowest BCUT2D eigenvalue weighted by Gasteiger charge is -2.26. The first-order valence-corrected chi connectivity index (χ1v) is 11.1. The molecule has 0 saturated carbocycles. The van der Waals surface area contributed by atoms with Gasteiger partial charge in [0.05, 0.1) is 5.60 Å². The van der Waals surface area contributed by atoms with E-state index in [-0.39, 0.29) is 0 Å². The molecule has 0 rings (SSSR count). The Morgan fingerprint density at radius 2 is 1.12 bits per heavy atom. The molecule has 0 aromatic carbocycles. The number of aliphatic hydroxyl groups is 1. The molecule has 4 heteroatoms. The molecule has 0 aromatic heterocycles. The molecule has 4 N–H and O–H groups in total. The first-order chi connectivity index (χ1) is 12.5. The van der Waals surface area contributed by atoms with E-state index in [2.05, 4.69) is 20.8 Å². The van der Waals surface area contributed by atoms with Crippen LogP contribution in [0.2, 0.25) is 0 Å². The Morgan fingerprint density at radius 3 is 1.46 bits per heavy atom. The van der Waals surface area contributed by atoms with Gasteiger partial charge in [-0.15, -0.1) is 0 Å². The van der Waals surface area contributed by atoms with Crippen molar-refractivity contribution >= 4 is 5.97 Å². The van der Waals surface area contributed by atoms with E-state index in [1.165, 1.54) is 44.9 Å². The predicted molar refractivity (Wildman–Crippen MR) is 113 cm³/mol. The van der Waals surface area contributed by atoms with Crippen LogP contribution in [0.5, 0.6) is 0 Å². The summed E-state index contributed by atoms with van der Waals surface area (Å²) in [5, 5.41) is 18.4. The molecule has 0 aromatic rings. The molecule has 0 atom stereocenters. The second-order valence-corrected chi connectivity index (χ2v) is 7.61. The Morgan fingerprint density at radius 1 is 0.731 bits per heavy atom. The van der Waals surface area contributed by atoms with Crippen molar-refractivity contribution in [3.63, 3.8) is 0 Å². The maximum atomic E-state index is 10.2. The predicted octanol–water partition coefficient (Wildman–Crippen LogP) is 6.05. The summed E-state index contributed by atoms with van der Waals surface area (Å²) in [6.45, 7) is 6.91. The molecule has 0 spiro atoms. The second kappa shape index (κ2) is 20.7. The molecule has 158 valence electrons. The van der Waals surface area contributed by atoms with Crippen molar-refractivity contribution in [3.8, 4) is 0 Å². The van der Waals surface area contributed by atoms with E-state index in [4.69, 9.17) is 10.8 Å². The normalized spacial score (nSPS) is 11.1. The minimum Gasteiger partial charge on any atom is -0.481 e. The van der Waals surface area contributed by atoms with Crippen molar-refractivity contribution in [3.05, 3.63) is 0 Å². The highest BCUT2D eigenvalue weighted by atomic mass is 16.4. The van der Waals surface area contributed by atoms with Crippen LogP contribution in [0.1, 0.15) is 124 Å². The Kier molecular flexibility index (Phi) is 22.0. The van der Waals surface area contributed by atoms with E-state index >= 15 is 0 Å². The molecule has 0 radical (unpaired) electrons. The van der Waals surface area contributed by atoms with Gasteiger partial charge in [-0.1, -0.05) is 97.8 Å². The number of hydrogen-bond donors (Lipinski definition) is 3. The van der Waals surface area contributed by atoms with Crippen LogP contribution < -0.4 is 5.73 Å². The van der Waals surface area contributed by atoms with Crippen LogP contribution in [-0.4, -0.2) is 28.3 Å². The average Bonchev–Trinajstić information content (AvgIpc) is 2.63. The zero-order chi connectivity index (χ0) is 20.1. The number of unbranched alkanes of at least 4 members (excludes halogenated alkanes) is 10. The molecule has 4 nitrogen and oxygen atoms in total. The fraction of sp³-hybridized carbons (Fsp3) is 0.955. The third-order valence-electron chi connectivity index (χ3n) is 4.87. The summed E-state index contributed by atoms with van der Waals surface area (Å²) in [6.07, 6.45) is 17.6. The fourth-order valence-corrected chi connectivity index (χ4v) is 2.93. The third-order valence-corrected chi connectivity index (χ3v) is 4.87. The van der Waals surface area contributed by atoms with Crippen molar-refractivity contribution in [2.75, 3.05) is 6.54 Å². The third kappa shape index (κ3) is 21.4. The molecule has 0 saturated heterocycles. The van der Waals surface area contributed by atoms with Gasteiger partial charge >= 0.3 is 5.97 Å². The van der Waals surface area contributed by atoms with Crippen molar-refractivity contribution in [2.45, 2.75) is 129 Å². The van der Waals surface area contributed by atoms with Gasteiger partial charge < -0.3 is 15.9 Å². The highest BCUT2D eigenvalue weighted by Gasteiger charge is 2.22. The summed E-state index contributed by atoms with van der Waals surface area (Å²) < 4.78 is 0. The van der Waals surface area contributed by atoms with Gasteiger partial charge in [-0.2, -0.15) is 0 Å². The van der Waals surface area contributed by atoms with Crippen molar-refractivity contribution in [1.29, 1.82) is 0 Å². The number of carbonyl (C=O) groups is 1. The zero-order valence-corrected chi connectivity index (χ0v) is 17.9. The Labute approximate surface area is 162 Å². The lowest BCUT2D eigenvalue weighted by molar-refractivity contribution is -0.137. The first-order valence-electron chi connectivity index (χ1n) is 11.1. The first kappa shape index (κ1) is 27.6. The average molecular weight is 374 g/mol. The summed E-state index contributed by atoms with van der Waals surface area (Å²) >= 11 is 0. The van der Waals surface area contributed by atoms with E-state index in [1.54, 1.807) is 0 Å². The minimum atomic E-state index is -0.659. The largest absolute Gasteiger partial charge is 0.481 e. The van der Waals surface area contributed by atoms with E-state index in [0.29, 0.717) is 13.0 Å². The summed E-state index contributed by atoms with van der Waals surface area (Å²) in [6, 6.07) is 0. The summed E-state index contributed by atoms with van der Waals surface area (Å²) in [7, 11) is 0. The molecule has 0 amide bonds. The van der Waals surface area contributed by atoms with Gasteiger partial charge in [0.2, 0.25) is 0 Å². The lowest BCUT2D eigenvalue weighted by Crippen LogP contribution is -2.37. The number of rotatable bonds is 17. The van der Waals surface area contributed by atoms with Gasteiger partial charge in [-0.25, -0.2) is 0 Å². The fourth-order valence-electron chi connectivity index (χ4n) is 2.93. The lowest BCUT2D eigenvalue weighted by atomic mass is 9.91. The number of aliphatic carboxylic acids is 1. The molecular weight excluding hydrogens is 326 g/mol. The second-order valence-electron chi connectivity index (χ2n) is 7.61. The molecule has 0 aliphatic heterocycles. The highest BCUT2D eigenvalue weighted by Crippen LogP contribution is 2.19. The molecule has 0 aliphatic rings. The molecule has 0 bridgehead atoms. The summed E-state index contributed by atoms with van der Waals surface area (Å²) in [5.74, 6) is -0.659. The Bertz CT molecular complexity index is 287. The van der Waals surface area contributed by atoms with Crippen LogP contribution in [0.4, 0.5) is 0 Å². The van der Waals surface area contributed by atoms with Crippen LogP contribution in [0.25, 0.3) is 0 Å². The topological polar surface area (TPSA) is 83.5 Å². The highest BCUT2D eigenvalue weighted by molar-refractivity contribution is 5.66. The molecule has 0 heterocycles. The van der Waals surface area contributed by atoms with Crippen LogP contribution in [-0.2, 0) is 4.79 Å². The van der Waals surface area contributed by atoms with Crippen LogP contribution in [0, 0.1) is 0 Å². The van der Waals surface area contributed by atoms with Gasteiger partial charge in [0.15, 0.2) is 0 Å². The standard InChI is InChI=1S/C12H24O2.C10H23NO/c1-2-3-4-5-6-7-8-9-10-11-12(13)14;1-3-5-7-10(12,9-11)8-6-4-2/h2-11H2,1H3,(H,13,14);12H,3-9,11H2,1-2H3. The van der Waals surface area contributed by atoms with E-state index in [0.717, 1.165) is 51.4 Å². The number of carboxylic acids is 1. The van der Waals surface area contributed by atoms with E-state index in [1.807, 2.05) is 0 Å². The summed E-state index contributed by atoms with van der Waals surface area (Å²) in [5.41, 5.74) is 4.96. The number of carboxylic acid groups (broad SMARTS) is 1. The Hall–Kier alpha value is -0.610. The van der Waals surface area contributed by atoms with Crippen molar-refractivity contribution < 1.29 is 15.0 Å². The van der Waals surface area contributed by atoms with Crippen LogP contribution >= 0.6 is 0 Å². The quantitative estimate of drug-likeness (QED) is 0.271. The van der Waals surface area contributed by atoms with Gasteiger partial charge in [0, 0.05) is 13.0 Å². The van der Waals surface area contributed by atoms with Crippen molar-refractivity contribution in [1.82, 2.24) is 0 Å². The van der Waals surface area contributed by atoms with Crippen molar-refractivity contribution in [2.24, 2.45) is 5.73 Å². The van der Waals surface area contributed by atoms with Gasteiger partial charge in [-0.3, -0.25) is 4.79 Å². The van der Waals surface area contributed by atoms with Crippen LogP contribution in [0.15, 0.2) is 0 Å². The van der Waals surface area contributed by atoms with Gasteiger partial charge in [-0.05, 0) is 19.3 Å². The maximum Gasteiger partial charge on any atom is 0.303 e. The Balaban J connectivity index is 0. The molecule has 0 unspecified atom stereocenters. The molecular formula is C22H47NO3. The maximum absolute atomic E-state index is 10.2. The molecule has 0 fully saturated rings. The number of hydrogen-bond acceptors (Lipinski definition) is 3. The van der Waals surface area contributed by atoms with E-state index in [9.17, 15) is 9.90 Å². The minimum absolute atomic E-state index is 0.343. The van der Waals surface area contributed by atoms with Gasteiger partial charge in [0.25, 0.3) is 0 Å². The van der Waals surface area contributed by atoms with Gasteiger partial charge in [0.1, 0.15) is 0 Å². The van der Waals surface area contributed by atoms with Crippen LogP contribution in [0.3, 0.4) is 0 Å². The smallest absolute Gasteiger partial charge is 0.303 e. The molecule has 0 aliphatic carbocycles. The number of nitrogens with two attached hydrogens (primary N) is 1. The van der Waals surface area contributed by atoms with E-state index < -0.39 is 11.6 Å². The monoisotopic (exact) mass is 373 g/mol. The SMILES string of the molecule is CCCCC(O)(CN)CCCC.CCCCCCCCCCCC(=O)O.